The molecule has 0 aliphatic carbocycles. The standard InChI is InChI=1S/C16H27NO4Si/c1-4-19-22(20-5-2,21-6-3)13-7-12-17-14-15-8-10-16(18)11-9-15/h8-11,14,18H,4-7,12-13H2,1-3H3/b17-14-. The van der Waals surface area contributed by atoms with Crippen molar-refractivity contribution in [2.45, 2.75) is 33.2 Å². The molecule has 0 aliphatic rings. The second kappa shape index (κ2) is 10.5. The summed E-state index contributed by atoms with van der Waals surface area (Å²) in [4.78, 5) is 4.40. The first-order valence-electron chi connectivity index (χ1n) is 7.86. The van der Waals surface area contributed by atoms with Gasteiger partial charge in [0.1, 0.15) is 5.75 Å². The van der Waals surface area contributed by atoms with Gasteiger partial charge in [-0.2, -0.15) is 0 Å². The number of hydrogen-bond acceptors (Lipinski definition) is 5. The van der Waals surface area contributed by atoms with Crippen LogP contribution in [0.15, 0.2) is 29.3 Å². The van der Waals surface area contributed by atoms with Crippen molar-refractivity contribution < 1.29 is 18.4 Å². The second-order valence-corrected chi connectivity index (χ2v) is 7.44. The Bertz CT molecular complexity index is 419. The monoisotopic (exact) mass is 325 g/mol. The lowest BCUT2D eigenvalue weighted by molar-refractivity contribution is 0.0710. The number of phenols is 1. The minimum absolute atomic E-state index is 0.262. The van der Waals surface area contributed by atoms with Crippen LogP contribution in [0.2, 0.25) is 6.04 Å². The summed E-state index contributed by atoms with van der Waals surface area (Å²) in [7, 11) is -2.54. The van der Waals surface area contributed by atoms with Crippen LogP contribution >= 0.6 is 0 Å². The van der Waals surface area contributed by atoms with Crippen molar-refractivity contribution in [2.24, 2.45) is 4.99 Å². The maximum absolute atomic E-state index is 9.23. The Hall–Kier alpha value is -1.21. The van der Waals surface area contributed by atoms with Crippen LogP contribution in [-0.4, -0.2) is 46.5 Å². The van der Waals surface area contributed by atoms with Gasteiger partial charge in [-0.3, -0.25) is 4.99 Å². The Morgan fingerprint density at radius 3 is 2.05 bits per heavy atom. The lowest BCUT2D eigenvalue weighted by Crippen LogP contribution is -2.46. The van der Waals surface area contributed by atoms with Crippen LogP contribution in [0.1, 0.15) is 32.8 Å². The number of aromatic hydroxyl groups is 1. The summed E-state index contributed by atoms with van der Waals surface area (Å²) in [5.41, 5.74) is 0.973. The maximum atomic E-state index is 9.23. The van der Waals surface area contributed by atoms with E-state index >= 15 is 0 Å². The Labute approximate surface area is 134 Å². The Kier molecular flexibility index (Phi) is 8.99. The van der Waals surface area contributed by atoms with Gasteiger partial charge in [-0.1, -0.05) is 0 Å². The van der Waals surface area contributed by atoms with Crippen LogP contribution in [0, 0.1) is 0 Å². The van der Waals surface area contributed by atoms with Gasteiger partial charge < -0.3 is 18.4 Å². The predicted molar refractivity (Wildman–Crippen MR) is 90.6 cm³/mol. The molecule has 0 bridgehead atoms. The zero-order valence-corrected chi connectivity index (χ0v) is 14.7. The molecule has 0 heterocycles. The van der Waals surface area contributed by atoms with Crippen LogP contribution in [0.3, 0.4) is 0 Å². The number of rotatable bonds is 11. The largest absolute Gasteiger partial charge is 0.508 e. The third-order valence-corrected chi connectivity index (χ3v) is 6.15. The molecule has 0 saturated carbocycles. The zero-order chi connectivity index (χ0) is 16.3. The van der Waals surface area contributed by atoms with Gasteiger partial charge in [-0.05, 0) is 57.0 Å². The number of hydrogen-bond donors (Lipinski definition) is 1. The Balaban J connectivity index is 2.45. The summed E-state index contributed by atoms with van der Waals surface area (Å²) >= 11 is 0. The second-order valence-electron chi connectivity index (χ2n) is 4.71. The van der Waals surface area contributed by atoms with E-state index < -0.39 is 8.80 Å². The molecule has 6 heteroatoms. The molecule has 0 amide bonds. The van der Waals surface area contributed by atoms with Crippen LogP contribution < -0.4 is 0 Å². The molecule has 0 spiro atoms. The molecule has 0 aromatic heterocycles. The Morgan fingerprint density at radius 2 is 1.55 bits per heavy atom. The van der Waals surface area contributed by atoms with Gasteiger partial charge in [0.2, 0.25) is 0 Å². The first-order chi connectivity index (χ1) is 10.7. The fraction of sp³-hybridized carbons (Fsp3) is 0.562. The Morgan fingerprint density at radius 1 is 1.00 bits per heavy atom. The summed E-state index contributed by atoms with van der Waals surface area (Å²) in [5.74, 6) is 0.262. The molecule has 0 saturated heterocycles. The number of benzene rings is 1. The molecule has 1 aromatic rings. The average molecular weight is 325 g/mol. The minimum atomic E-state index is -2.54. The van der Waals surface area contributed by atoms with E-state index in [-0.39, 0.29) is 5.75 Å². The first-order valence-corrected chi connectivity index (χ1v) is 9.79. The third kappa shape index (κ3) is 6.70. The SMILES string of the molecule is CCO[Si](CCC/N=C\c1ccc(O)cc1)(OCC)OCC. The molecule has 0 unspecified atom stereocenters. The van der Waals surface area contributed by atoms with Crippen molar-refractivity contribution in [1.29, 1.82) is 0 Å². The summed E-state index contributed by atoms with van der Waals surface area (Å²) in [6.45, 7) is 8.38. The van der Waals surface area contributed by atoms with E-state index in [0.29, 0.717) is 26.4 Å². The quantitative estimate of drug-likeness (QED) is 0.385. The predicted octanol–water partition coefficient (Wildman–Crippen LogP) is 3.25. The third-order valence-electron chi connectivity index (χ3n) is 3.00. The van der Waals surface area contributed by atoms with E-state index in [4.69, 9.17) is 13.3 Å². The van der Waals surface area contributed by atoms with E-state index in [1.54, 1.807) is 12.1 Å². The first kappa shape index (κ1) is 18.8. The normalized spacial score (nSPS) is 12.1. The zero-order valence-electron chi connectivity index (χ0n) is 13.7. The molecule has 124 valence electrons. The van der Waals surface area contributed by atoms with Gasteiger partial charge in [-0.25, -0.2) is 0 Å². The molecule has 0 atom stereocenters. The van der Waals surface area contributed by atoms with Gasteiger partial charge in [-0.15, -0.1) is 0 Å². The highest BCUT2D eigenvalue weighted by molar-refractivity contribution is 6.60. The summed E-state index contributed by atoms with van der Waals surface area (Å²) in [6.07, 6.45) is 2.67. The molecular weight excluding hydrogens is 298 g/mol. The topological polar surface area (TPSA) is 60.3 Å². The van der Waals surface area contributed by atoms with E-state index in [1.807, 2.05) is 39.1 Å². The lowest BCUT2D eigenvalue weighted by Gasteiger charge is -2.28. The van der Waals surface area contributed by atoms with Crippen molar-refractivity contribution >= 4 is 15.0 Å². The van der Waals surface area contributed by atoms with Gasteiger partial charge in [0.25, 0.3) is 0 Å². The van der Waals surface area contributed by atoms with Gasteiger partial charge in [0, 0.05) is 38.6 Å². The van der Waals surface area contributed by atoms with Crippen LogP contribution in [0.4, 0.5) is 0 Å². The van der Waals surface area contributed by atoms with E-state index in [2.05, 4.69) is 4.99 Å². The van der Waals surface area contributed by atoms with Crippen molar-refractivity contribution in [1.82, 2.24) is 0 Å². The molecular formula is C16H27NO4Si. The summed E-state index contributed by atoms with van der Waals surface area (Å²) in [5, 5.41) is 9.23. The summed E-state index contributed by atoms with van der Waals surface area (Å²) < 4.78 is 17.4. The van der Waals surface area contributed by atoms with E-state index in [1.165, 1.54) is 0 Å². The fourth-order valence-electron chi connectivity index (χ4n) is 2.12. The minimum Gasteiger partial charge on any atom is -0.508 e. The lowest BCUT2D eigenvalue weighted by atomic mass is 10.2. The van der Waals surface area contributed by atoms with Gasteiger partial charge in [0.15, 0.2) is 0 Å². The van der Waals surface area contributed by atoms with E-state index in [9.17, 15) is 5.11 Å². The molecule has 1 rings (SSSR count). The highest BCUT2D eigenvalue weighted by atomic mass is 28.4. The maximum Gasteiger partial charge on any atom is 0.500 e. The molecule has 0 radical (unpaired) electrons. The fourth-order valence-corrected chi connectivity index (χ4v) is 4.71. The molecule has 5 nitrogen and oxygen atoms in total. The van der Waals surface area contributed by atoms with Gasteiger partial charge in [0.05, 0.1) is 0 Å². The van der Waals surface area contributed by atoms with E-state index in [0.717, 1.165) is 18.0 Å². The number of nitrogens with zero attached hydrogens (tertiary/aromatic N) is 1. The molecule has 0 aliphatic heterocycles. The van der Waals surface area contributed by atoms with Crippen molar-refractivity contribution in [3.63, 3.8) is 0 Å². The van der Waals surface area contributed by atoms with Crippen molar-refractivity contribution in [2.75, 3.05) is 26.4 Å². The smallest absolute Gasteiger partial charge is 0.500 e. The number of phenolic OH excluding ortho intramolecular Hbond substituents is 1. The van der Waals surface area contributed by atoms with Crippen LogP contribution in [0.25, 0.3) is 0 Å². The molecule has 0 fully saturated rings. The average Bonchev–Trinajstić information content (AvgIpc) is 2.50. The van der Waals surface area contributed by atoms with Crippen molar-refractivity contribution in [3.05, 3.63) is 29.8 Å². The van der Waals surface area contributed by atoms with Crippen molar-refractivity contribution in [3.8, 4) is 5.75 Å². The van der Waals surface area contributed by atoms with Crippen LogP contribution in [0.5, 0.6) is 5.75 Å². The highest BCUT2D eigenvalue weighted by Gasteiger charge is 2.39. The van der Waals surface area contributed by atoms with Crippen LogP contribution in [-0.2, 0) is 13.3 Å². The molecule has 22 heavy (non-hydrogen) atoms. The highest BCUT2D eigenvalue weighted by Crippen LogP contribution is 2.18. The number of aliphatic imine (C=N–C) groups is 1. The molecule has 1 N–H and O–H groups in total. The van der Waals surface area contributed by atoms with Gasteiger partial charge >= 0.3 is 8.80 Å². The molecule has 1 aromatic carbocycles. The summed E-state index contributed by atoms with van der Waals surface area (Å²) in [6, 6.07) is 7.74.